The monoisotopic (exact) mass is 403 g/mol. The molecule has 0 spiro atoms. The lowest BCUT2D eigenvalue weighted by molar-refractivity contribution is 0.0444. The van der Waals surface area contributed by atoms with Gasteiger partial charge in [0, 0.05) is 10.9 Å². The number of benzene rings is 2. The Morgan fingerprint density at radius 1 is 1.04 bits per heavy atom. The number of nitrogens with zero attached hydrogens (tertiary/aromatic N) is 1. The van der Waals surface area contributed by atoms with Crippen LogP contribution in [-0.4, -0.2) is 38.4 Å². The minimum atomic E-state index is -0.536. The zero-order valence-electron chi connectivity index (χ0n) is 15.3. The summed E-state index contributed by atoms with van der Waals surface area (Å²) in [5.74, 6) is 0.820. The van der Waals surface area contributed by atoms with E-state index in [0.717, 1.165) is 5.56 Å². The first-order chi connectivity index (χ1) is 13.6. The summed E-state index contributed by atoms with van der Waals surface area (Å²) in [6.07, 6.45) is 0. The molecule has 0 N–H and O–H groups in total. The lowest BCUT2D eigenvalue weighted by atomic mass is 10.2. The third-order valence-electron chi connectivity index (χ3n) is 3.74. The number of ether oxygens (including phenoxy) is 4. The molecule has 8 heteroatoms. The van der Waals surface area contributed by atoms with Gasteiger partial charge in [-0.1, -0.05) is 0 Å². The van der Waals surface area contributed by atoms with Crippen LogP contribution < -0.4 is 14.2 Å². The second kappa shape index (κ2) is 9.18. The number of esters is 1. The molecule has 3 rings (SSSR count). The number of carbonyl (C=O) groups excluding carboxylic acids is 1. The number of methoxy groups -OCH3 is 2. The molecular weight excluding hydrogens is 385 g/mol. The van der Waals surface area contributed by atoms with Crippen LogP contribution in [-0.2, 0) is 4.74 Å². The van der Waals surface area contributed by atoms with Crippen molar-refractivity contribution in [2.24, 2.45) is 0 Å². The van der Waals surface area contributed by atoms with E-state index >= 15 is 0 Å². The minimum Gasteiger partial charge on any atom is -0.493 e. The predicted octanol–water partition coefficient (Wildman–Crippen LogP) is 4.20. The summed E-state index contributed by atoms with van der Waals surface area (Å²) < 4.78 is 33.9. The van der Waals surface area contributed by atoms with Gasteiger partial charge in [0.05, 0.1) is 14.2 Å². The maximum atomic E-state index is 12.8. The highest BCUT2D eigenvalue weighted by Crippen LogP contribution is 2.33. The van der Waals surface area contributed by atoms with Crippen molar-refractivity contribution in [2.75, 3.05) is 27.4 Å². The second-order valence-electron chi connectivity index (χ2n) is 5.55. The Morgan fingerprint density at radius 2 is 1.79 bits per heavy atom. The van der Waals surface area contributed by atoms with E-state index in [1.807, 2.05) is 6.07 Å². The van der Waals surface area contributed by atoms with Crippen LogP contribution >= 0.6 is 11.3 Å². The standard InChI is InChI=1S/C20H18FNO5S/c1-24-17-8-3-13(11-18(17)25-2)19-22-16(12-28-19)20(23)27-10-9-26-15-6-4-14(21)5-7-15/h3-8,11-12H,9-10H2,1-2H3. The fourth-order valence-electron chi connectivity index (χ4n) is 2.37. The highest BCUT2D eigenvalue weighted by atomic mass is 32.1. The molecule has 0 unspecified atom stereocenters. The molecule has 146 valence electrons. The van der Waals surface area contributed by atoms with Crippen molar-refractivity contribution in [1.82, 2.24) is 4.98 Å². The average molecular weight is 403 g/mol. The first-order valence-corrected chi connectivity index (χ1v) is 9.22. The summed E-state index contributed by atoms with van der Waals surface area (Å²) in [5, 5.41) is 2.30. The van der Waals surface area contributed by atoms with Crippen molar-refractivity contribution in [2.45, 2.75) is 0 Å². The van der Waals surface area contributed by atoms with Crippen LogP contribution in [0.2, 0.25) is 0 Å². The molecule has 0 bridgehead atoms. The van der Waals surface area contributed by atoms with Crippen LogP contribution in [0.5, 0.6) is 17.2 Å². The van der Waals surface area contributed by atoms with Crippen LogP contribution in [0.3, 0.4) is 0 Å². The van der Waals surface area contributed by atoms with Crippen LogP contribution in [0, 0.1) is 5.82 Å². The van der Waals surface area contributed by atoms with Gasteiger partial charge in [0.25, 0.3) is 0 Å². The molecule has 0 radical (unpaired) electrons. The zero-order valence-corrected chi connectivity index (χ0v) is 16.1. The van der Waals surface area contributed by atoms with E-state index in [2.05, 4.69) is 4.98 Å². The average Bonchev–Trinajstić information content (AvgIpc) is 3.22. The van der Waals surface area contributed by atoms with Crippen LogP contribution in [0.15, 0.2) is 47.8 Å². The normalized spacial score (nSPS) is 10.4. The fraction of sp³-hybridized carbons (Fsp3) is 0.200. The highest BCUT2D eigenvalue weighted by Gasteiger charge is 2.15. The summed E-state index contributed by atoms with van der Waals surface area (Å²) >= 11 is 1.33. The molecule has 28 heavy (non-hydrogen) atoms. The SMILES string of the molecule is COc1ccc(-c2nc(C(=O)OCCOc3ccc(F)cc3)cs2)cc1OC. The summed E-state index contributed by atoms with van der Waals surface area (Å²) in [4.78, 5) is 16.5. The number of rotatable bonds is 8. The summed E-state index contributed by atoms with van der Waals surface area (Å²) in [5.41, 5.74) is 1.03. The maximum absolute atomic E-state index is 12.8. The number of carbonyl (C=O) groups is 1. The number of thiazole rings is 1. The zero-order chi connectivity index (χ0) is 19.9. The molecule has 6 nitrogen and oxygen atoms in total. The third kappa shape index (κ3) is 4.77. The molecule has 0 saturated heterocycles. The van der Waals surface area contributed by atoms with Gasteiger partial charge in [-0.05, 0) is 42.5 Å². The van der Waals surface area contributed by atoms with E-state index in [1.165, 1.54) is 35.6 Å². The van der Waals surface area contributed by atoms with E-state index in [-0.39, 0.29) is 24.7 Å². The highest BCUT2D eigenvalue weighted by molar-refractivity contribution is 7.13. The second-order valence-corrected chi connectivity index (χ2v) is 6.40. The number of hydrogen-bond donors (Lipinski definition) is 0. The number of aromatic nitrogens is 1. The van der Waals surface area contributed by atoms with Gasteiger partial charge in [0.1, 0.15) is 29.8 Å². The quantitative estimate of drug-likeness (QED) is 0.415. The topological polar surface area (TPSA) is 66.9 Å². The van der Waals surface area contributed by atoms with Gasteiger partial charge >= 0.3 is 5.97 Å². The van der Waals surface area contributed by atoms with Crippen molar-refractivity contribution in [3.63, 3.8) is 0 Å². The van der Waals surface area contributed by atoms with E-state index in [1.54, 1.807) is 31.7 Å². The summed E-state index contributed by atoms with van der Waals surface area (Å²) in [7, 11) is 3.12. The van der Waals surface area contributed by atoms with Crippen molar-refractivity contribution < 1.29 is 28.1 Å². The summed E-state index contributed by atoms with van der Waals surface area (Å²) in [6.45, 7) is 0.212. The van der Waals surface area contributed by atoms with E-state index in [0.29, 0.717) is 22.3 Å². The van der Waals surface area contributed by atoms with Crippen LogP contribution in [0.25, 0.3) is 10.6 Å². The molecule has 0 amide bonds. The third-order valence-corrected chi connectivity index (χ3v) is 4.63. The molecule has 1 aromatic heterocycles. The largest absolute Gasteiger partial charge is 0.493 e. The smallest absolute Gasteiger partial charge is 0.357 e. The Balaban J connectivity index is 1.56. The number of hydrogen-bond acceptors (Lipinski definition) is 7. The molecule has 3 aromatic rings. The van der Waals surface area contributed by atoms with Crippen molar-refractivity contribution in [3.8, 4) is 27.8 Å². The first kappa shape index (κ1) is 19.6. The number of halogens is 1. The van der Waals surface area contributed by atoms with E-state index in [4.69, 9.17) is 18.9 Å². The van der Waals surface area contributed by atoms with Gasteiger partial charge < -0.3 is 18.9 Å². The Bertz CT molecular complexity index is 942. The van der Waals surface area contributed by atoms with Crippen LogP contribution in [0.4, 0.5) is 4.39 Å². The minimum absolute atomic E-state index is 0.0550. The molecule has 0 aliphatic heterocycles. The van der Waals surface area contributed by atoms with Crippen LogP contribution in [0.1, 0.15) is 10.5 Å². The van der Waals surface area contributed by atoms with E-state index < -0.39 is 5.97 Å². The first-order valence-electron chi connectivity index (χ1n) is 8.34. The van der Waals surface area contributed by atoms with Gasteiger partial charge in [-0.2, -0.15) is 0 Å². The Labute approximate surface area is 165 Å². The molecule has 0 saturated carbocycles. The molecule has 0 aliphatic carbocycles. The molecule has 2 aromatic carbocycles. The van der Waals surface area contributed by atoms with Crippen molar-refractivity contribution in [3.05, 3.63) is 59.4 Å². The maximum Gasteiger partial charge on any atom is 0.357 e. The van der Waals surface area contributed by atoms with Gasteiger partial charge in [-0.3, -0.25) is 0 Å². The summed E-state index contributed by atoms with van der Waals surface area (Å²) in [6, 6.07) is 11.0. The van der Waals surface area contributed by atoms with Crippen molar-refractivity contribution >= 4 is 17.3 Å². The van der Waals surface area contributed by atoms with E-state index in [9.17, 15) is 9.18 Å². The van der Waals surface area contributed by atoms with Gasteiger partial charge in [-0.25, -0.2) is 14.2 Å². The molecule has 0 fully saturated rings. The molecular formula is C20H18FNO5S. The molecule has 0 aliphatic rings. The van der Waals surface area contributed by atoms with Gasteiger partial charge in [-0.15, -0.1) is 11.3 Å². The van der Waals surface area contributed by atoms with Gasteiger partial charge in [0.15, 0.2) is 17.2 Å². The molecule has 1 heterocycles. The Hall–Kier alpha value is -3.13. The predicted molar refractivity (Wildman–Crippen MR) is 103 cm³/mol. The van der Waals surface area contributed by atoms with Crippen molar-refractivity contribution in [1.29, 1.82) is 0 Å². The Morgan fingerprint density at radius 3 is 2.50 bits per heavy atom. The fourth-order valence-corrected chi connectivity index (χ4v) is 3.15. The Kier molecular flexibility index (Phi) is 6.44. The van der Waals surface area contributed by atoms with Gasteiger partial charge in [0.2, 0.25) is 0 Å². The lowest BCUT2D eigenvalue weighted by Gasteiger charge is -2.08. The molecule has 0 atom stereocenters. The lowest BCUT2D eigenvalue weighted by Crippen LogP contribution is -2.12.